The molecule has 2 atom stereocenters. The molecule has 0 spiro atoms. The quantitative estimate of drug-likeness (QED) is 0.0756. The van der Waals surface area contributed by atoms with E-state index in [4.69, 9.17) is 14.2 Å². The summed E-state index contributed by atoms with van der Waals surface area (Å²) in [6.07, 6.45) is 1.28. The Morgan fingerprint density at radius 1 is 0.841 bits per heavy atom. The predicted molar refractivity (Wildman–Crippen MR) is 149 cm³/mol. The second-order valence-corrected chi connectivity index (χ2v) is 13.1. The van der Waals surface area contributed by atoms with Gasteiger partial charge in [-0.15, -0.1) is 0 Å². The lowest BCUT2D eigenvalue weighted by molar-refractivity contribution is -0.128. The molecule has 0 radical (unpaired) electrons. The molecule has 2 unspecified atom stereocenters. The summed E-state index contributed by atoms with van der Waals surface area (Å²) in [4.78, 5) is 37.2. The van der Waals surface area contributed by atoms with Crippen LogP contribution >= 0.6 is 0 Å². The van der Waals surface area contributed by atoms with Crippen LogP contribution in [0.1, 0.15) is 74.1 Å². The lowest BCUT2D eigenvalue weighted by Gasteiger charge is -2.32. The summed E-state index contributed by atoms with van der Waals surface area (Å²) in [7, 11) is 0. The number of hydrogen-bond donors (Lipinski definition) is 2. The summed E-state index contributed by atoms with van der Waals surface area (Å²) in [5.74, 6) is -14.1. The molecule has 0 aromatic heterocycles. The lowest BCUT2D eigenvalue weighted by atomic mass is 9.91. The highest BCUT2D eigenvalue weighted by Gasteiger charge is 2.31. The van der Waals surface area contributed by atoms with E-state index in [0.717, 1.165) is 0 Å². The number of carbonyl (C=O) groups is 3. The van der Waals surface area contributed by atoms with Crippen molar-refractivity contribution < 1.29 is 55.3 Å². The van der Waals surface area contributed by atoms with E-state index in [0.29, 0.717) is 19.4 Å². The standard InChI is InChI=1S/C30H41F5N2O7/c1-28(2,3)44-26(39)36-14-29(4,5)15-41-16-30(6,7)37-25(38)17-10-8-9-11-18(13-12-17)42-27(40)43-24-22(34)20(32)19(31)21(33)23(24)35/h9,11,17-18H,8,10,12-16H2,1-7H3,(H,36,39)(H,37,38)/b11-9+. The number of hydrogen-bond acceptors (Lipinski definition) is 7. The highest BCUT2D eigenvalue weighted by molar-refractivity contribution is 5.79. The second kappa shape index (κ2) is 15.0. The molecule has 1 aromatic rings. The van der Waals surface area contributed by atoms with Gasteiger partial charge in [-0.3, -0.25) is 4.79 Å². The van der Waals surface area contributed by atoms with Gasteiger partial charge in [-0.05, 0) is 66.4 Å². The number of allylic oxidation sites excluding steroid dienone is 1. The molecule has 14 heteroatoms. The molecule has 2 amide bonds. The van der Waals surface area contributed by atoms with Crippen LogP contribution in [0.25, 0.3) is 0 Å². The second-order valence-electron chi connectivity index (χ2n) is 13.1. The van der Waals surface area contributed by atoms with Gasteiger partial charge in [0, 0.05) is 17.9 Å². The largest absolute Gasteiger partial charge is 0.514 e. The van der Waals surface area contributed by atoms with E-state index >= 15 is 0 Å². The minimum Gasteiger partial charge on any atom is -0.444 e. The van der Waals surface area contributed by atoms with Crippen molar-refractivity contribution in [2.75, 3.05) is 19.8 Å². The van der Waals surface area contributed by atoms with Gasteiger partial charge >= 0.3 is 12.2 Å². The normalized spacial score (nSPS) is 18.5. The molecule has 0 bridgehead atoms. The van der Waals surface area contributed by atoms with Gasteiger partial charge in [0.1, 0.15) is 11.7 Å². The Morgan fingerprint density at radius 3 is 2.02 bits per heavy atom. The highest BCUT2D eigenvalue weighted by Crippen LogP contribution is 2.30. The third-order valence-corrected chi connectivity index (χ3v) is 6.33. The Hall–Kier alpha value is -3.42. The zero-order valence-corrected chi connectivity index (χ0v) is 26.0. The zero-order valence-electron chi connectivity index (χ0n) is 26.0. The smallest absolute Gasteiger partial charge is 0.444 e. The van der Waals surface area contributed by atoms with E-state index in [9.17, 15) is 36.3 Å². The fourth-order valence-corrected chi connectivity index (χ4v) is 4.15. The van der Waals surface area contributed by atoms with Crippen LogP contribution in [0, 0.1) is 40.4 Å². The minimum absolute atomic E-state index is 0.122. The fraction of sp³-hybridized carbons (Fsp3) is 0.633. The maximum absolute atomic E-state index is 13.8. The Kier molecular flexibility index (Phi) is 12.6. The molecule has 1 aromatic carbocycles. The summed E-state index contributed by atoms with van der Waals surface area (Å²) < 4.78 is 88.2. The lowest BCUT2D eigenvalue weighted by Crippen LogP contribution is -2.50. The number of benzene rings is 1. The van der Waals surface area contributed by atoms with Crippen molar-refractivity contribution in [2.24, 2.45) is 11.3 Å². The van der Waals surface area contributed by atoms with Gasteiger partial charge in [-0.2, -0.15) is 8.78 Å². The average Bonchev–Trinajstić information content (AvgIpc) is 2.88. The summed E-state index contributed by atoms with van der Waals surface area (Å²) in [5, 5.41) is 5.68. The first-order chi connectivity index (χ1) is 20.2. The molecular weight excluding hydrogens is 595 g/mol. The molecular formula is C30H41F5N2O7. The van der Waals surface area contributed by atoms with Gasteiger partial charge in [0.05, 0.1) is 18.8 Å². The number of amides is 2. The van der Waals surface area contributed by atoms with E-state index in [2.05, 4.69) is 15.4 Å². The molecule has 0 heterocycles. The summed E-state index contributed by atoms with van der Waals surface area (Å²) in [6, 6.07) is 0. The zero-order chi connectivity index (χ0) is 33.5. The number of ether oxygens (including phenoxy) is 4. The first kappa shape index (κ1) is 36.8. The molecule has 0 aliphatic heterocycles. The third-order valence-electron chi connectivity index (χ3n) is 6.33. The van der Waals surface area contributed by atoms with Crippen molar-refractivity contribution in [3.63, 3.8) is 0 Å². The van der Waals surface area contributed by atoms with E-state index in [1.54, 1.807) is 40.7 Å². The first-order valence-electron chi connectivity index (χ1n) is 14.1. The van der Waals surface area contributed by atoms with Crippen molar-refractivity contribution in [3.05, 3.63) is 41.2 Å². The van der Waals surface area contributed by atoms with E-state index in [1.807, 2.05) is 13.8 Å². The van der Waals surface area contributed by atoms with Crippen LogP contribution in [0.5, 0.6) is 5.75 Å². The highest BCUT2D eigenvalue weighted by atomic mass is 19.2. The Bertz CT molecular complexity index is 1200. The van der Waals surface area contributed by atoms with Crippen molar-refractivity contribution in [3.8, 4) is 5.75 Å². The van der Waals surface area contributed by atoms with Gasteiger partial charge < -0.3 is 29.6 Å². The number of rotatable bonds is 10. The molecule has 0 saturated heterocycles. The first-order valence-corrected chi connectivity index (χ1v) is 14.1. The summed E-state index contributed by atoms with van der Waals surface area (Å²) in [6.45, 7) is 13.5. The molecule has 1 aliphatic rings. The van der Waals surface area contributed by atoms with Crippen LogP contribution in [-0.2, 0) is 19.0 Å². The number of carbonyl (C=O) groups excluding carboxylic acids is 3. The van der Waals surface area contributed by atoms with Crippen molar-refractivity contribution in [1.29, 1.82) is 0 Å². The molecule has 248 valence electrons. The fourth-order valence-electron chi connectivity index (χ4n) is 4.15. The topological polar surface area (TPSA) is 112 Å². The third kappa shape index (κ3) is 11.6. The SMILES string of the molecule is CC(C)(CNC(=O)OC(C)(C)C)COCC(C)(C)NC(=O)C1CC/C=C/C(OC(=O)Oc2c(F)c(F)c(F)c(F)c2F)CC1. The number of halogens is 5. The number of nitrogens with one attached hydrogen (secondary N) is 2. The summed E-state index contributed by atoms with van der Waals surface area (Å²) in [5.41, 5.74) is -1.79. The molecule has 0 fully saturated rings. The molecule has 2 N–H and O–H groups in total. The molecule has 1 aliphatic carbocycles. The van der Waals surface area contributed by atoms with Crippen LogP contribution in [0.4, 0.5) is 31.5 Å². The van der Waals surface area contributed by atoms with Crippen molar-refractivity contribution >= 4 is 18.2 Å². The average molecular weight is 637 g/mol. The summed E-state index contributed by atoms with van der Waals surface area (Å²) >= 11 is 0. The maximum Gasteiger partial charge on any atom is 0.514 e. The molecule has 0 saturated carbocycles. The van der Waals surface area contributed by atoms with E-state index in [-0.39, 0.29) is 32.0 Å². The van der Waals surface area contributed by atoms with Gasteiger partial charge in [-0.25, -0.2) is 22.8 Å². The Morgan fingerprint density at radius 2 is 1.43 bits per heavy atom. The van der Waals surface area contributed by atoms with Crippen LogP contribution in [0.3, 0.4) is 0 Å². The number of alkyl carbamates (subject to hydrolysis) is 1. The Labute approximate surface area is 253 Å². The van der Waals surface area contributed by atoms with E-state index < -0.39 is 75.7 Å². The van der Waals surface area contributed by atoms with Crippen molar-refractivity contribution in [2.45, 2.75) is 91.4 Å². The van der Waals surface area contributed by atoms with Crippen LogP contribution < -0.4 is 15.4 Å². The minimum atomic E-state index is -2.39. The molecule has 9 nitrogen and oxygen atoms in total. The van der Waals surface area contributed by atoms with Crippen LogP contribution in [0.2, 0.25) is 0 Å². The van der Waals surface area contributed by atoms with Gasteiger partial charge in [0.15, 0.2) is 0 Å². The van der Waals surface area contributed by atoms with Crippen LogP contribution in [-0.4, -0.2) is 55.2 Å². The van der Waals surface area contributed by atoms with Crippen LogP contribution in [0.15, 0.2) is 12.2 Å². The van der Waals surface area contributed by atoms with Gasteiger partial charge in [-0.1, -0.05) is 19.9 Å². The van der Waals surface area contributed by atoms with Gasteiger partial charge in [0.2, 0.25) is 40.7 Å². The molecule has 44 heavy (non-hydrogen) atoms. The van der Waals surface area contributed by atoms with E-state index in [1.165, 1.54) is 6.08 Å². The Balaban J connectivity index is 1.87. The predicted octanol–water partition coefficient (Wildman–Crippen LogP) is 6.47. The monoisotopic (exact) mass is 636 g/mol. The maximum atomic E-state index is 13.8. The molecule has 2 rings (SSSR count). The van der Waals surface area contributed by atoms with Gasteiger partial charge in [0.25, 0.3) is 0 Å². The van der Waals surface area contributed by atoms with Crippen molar-refractivity contribution in [1.82, 2.24) is 10.6 Å².